The molecule has 7 heteroatoms. The Morgan fingerprint density at radius 2 is 2.12 bits per heavy atom. The van der Waals surface area contributed by atoms with Crippen molar-refractivity contribution in [3.63, 3.8) is 0 Å². The molecule has 1 amide bonds. The maximum atomic E-state index is 11.7. The van der Waals surface area contributed by atoms with Gasteiger partial charge in [0, 0.05) is 12.4 Å². The van der Waals surface area contributed by atoms with Gasteiger partial charge in [-0.25, -0.2) is 15.0 Å². The summed E-state index contributed by atoms with van der Waals surface area (Å²) in [5.41, 5.74) is 0.414. The Morgan fingerprint density at radius 1 is 1.29 bits per heavy atom. The number of rotatable bonds is 2. The van der Waals surface area contributed by atoms with Crippen molar-refractivity contribution >= 4 is 39.4 Å². The van der Waals surface area contributed by atoms with Gasteiger partial charge in [-0.2, -0.15) is 0 Å². The normalized spacial score (nSPS) is 10.0. The lowest BCUT2D eigenvalue weighted by Gasteiger charge is -2.03. The van der Waals surface area contributed by atoms with Crippen molar-refractivity contribution in [2.75, 3.05) is 5.32 Å². The minimum absolute atomic E-state index is 0.158. The van der Waals surface area contributed by atoms with Crippen molar-refractivity contribution < 1.29 is 4.79 Å². The van der Waals surface area contributed by atoms with Gasteiger partial charge in [0.15, 0.2) is 0 Å². The SMILES string of the molecule is O=C(Nc1nccc(Cl)n1)c1ccc(Br)nc1. The molecular weight excluding hydrogens is 307 g/mol. The minimum Gasteiger partial charge on any atom is -0.290 e. The van der Waals surface area contributed by atoms with Crippen LogP contribution in [0.5, 0.6) is 0 Å². The van der Waals surface area contributed by atoms with Gasteiger partial charge >= 0.3 is 0 Å². The second-order valence-corrected chi connectivity index (χ2v) is 4.23. The van der Waals surface area contributed by atoms with Gasteiger partial charge in [-0.3, -0.25) is 10.1 Å². The maximum Gasteiger partial charge on any atom is 0.259 e. The summed E-state index contributed by atoms with van der Waals surface area (Å²) in [6, 6.07) is 4.84. The third-order valence-electron chi connectivity index (χ3n) is 1.84. The molecule has 0 bridgehead atoms. The first kappa shape index (κ1) is 11.9. The highest BCUT2D eigenvalue weighted by molar-refractivity contribution is 9.10. The zero-order valence-corrected chi connectivity index (χ0v) is 10.7. The van der Waals surface area contributed by atoms with E-state index in [0.29, 0.717) is 10.2 Å². The molecule has 2 rings (SSSR count). The maximum absolute atomic E-state index is 11.7. The van der Waals surface area contributed by atoms with E-state index in [4.69, 9.17) is 11.6 Å². The molecule has 0 radical (unpaired) electrons. The molecule has 0 saturated carbocycles. The van der Waals surface area contributed by atoms with E-state index in [-0.39, 0.29) is 17.0 Å². The van der Waals surface area contributed by atoms with Crippen LogP contribution in [-0.4, -0.2) is 20.9 Å². The van der Waals surface area contributed by atoms with E-state index in [9.17, 15) is 4.79 Å². The fraction of sp³-hybridized carbons (Fsp3) is 0. The molecule has 0 unspecified atom stereocenters. The molecule has 5 nitrogen and oxygen atoms in total. The Labute approximate surface area is 110 Å². The summed E-state index contributed by atoms with van der Waals surface area (Å²) in [6.07, 6.45) is 2.91. The molecule has 0 aliphatic rings. The zero-order chi connectivity index (χ0) is 12.3. The molecule has 2 heterocycles. The Kier molecular flexibility index (Phi) is 3.65. The number of carbonyl (C=O) groups is 1. The fourth-order valence-electron chi connectivity index (χ4n) is 1.08. The zero-order valence-electron chi connectivity index (χ0n) is 8.39. The third kappa shape index (κ3) is 3.21. The van der Waals surface area contributed by atoms with Crippen molar-refractivity contribution in [3.05, 3.63) is 45.9 Å². The first-order chi connectivity index (χ1) is 8.15. The highest BCUT2D eigenvalue weighted by Gasteiger charge is 2.08. The van der Waals surface area contributed by atoms with E-state index in [1.807, 2.05) is 0 Å². The van der Waals surface area contributed by atoms with Crippen LogP contribution in [-0.2, 0) is 0 Å². The molecule has 0 aliphatic carbocycles. The molecule has 2 aromatic heterocycles. The Balaban J connectivity index is 2.14. The number of halogens is 2. The molecule has 17 heavy (non-hydrogen) atoms. The number of hydrogen-bond acceptors (Lipinski definition) is 4. The number of aromatic nitrogens is 3. The standard InChI is InChI=1S/C10H6BrClN4O/c11-7-2-1-6(5-14-7)9(17)16-10-13-4-3-8(12)15-10/h1-5H,(H,13,15,16,17). The van der Waals surface area contributed by atoms with Crippen molar-refractivity contribution in [1.82, 2.24) is 15.0 Å². The predicted octanol–water partition coefficient (Wildman–Crippen LogP) is 2.54. The molecule has 1 N–H and O–H groups in total. The van der Waals surface area contributed by atoms with E-state index in [1.165, 1.54) is 18.5 Å². The summed E-state index contributed by atoms with van der Waals surface area (Å²) >= 11 is 8.86. The average Bonchev–Trinajstić information content (AvgIpc) is 2.29. The lowest BCUT2D eigenvalue weighted by molar-refractivity contribution is 0.102. The van der Waals surface area contributed by atoms with E-state index in [2.05, 4.69) is 36.2 Å². The molecule has 0 saturated heterocycles. The van der Waals surface area contributed by atoms with Gasteiger partial charge in [0.1, 0.15) is 9.76 Å². The van der Waals surface area contributed by atoms with Gasteiger partial charge in [0.25, 0.3) is 5.91 Å². The first-order valence-electron chi connectivity index (χ1n) is 4.56. The van der Waals surface area contributed by atoms with E-state index >= 15 is 0 Å². The van der Waals surface area contributed by atoms with Crippen LogP contribution < -0.4 is 5.32 Å². The monoisotopic (exact) mass is 312 g/mol. The molecule has 86 valence electrons. The number of anilines is 1. The quantitative estimate of drug-likeness (QED) is 0.683. The molecular formula is C10H6BrClN4O. The van der Waals surface area contributed by atoms with Gasteiger partial charge < -0.3 is 0 Å². The summed E-state index contributed by atoms with van der Waals surface area (Å²) in [6.45, 7) is 0. The van der Waals surface area contributed by atoms with Crippen LogP contribution in [0.3, 0.4) is 0 Å². The highest BCUT2D eigenvalue weighted by Crippen LogP contribution is 2.09. The average molecular weight is 314 g/mol. The lowest BCUT2D eigenvalue weighted by Crippen LogP contribution is -2.14. The second kappa shape index (κ2) is 5.20. The third-order valence-corrected chi connectivity index (χ3v) is 2.52. The summed E-state index contributed by atoms with van der Waals surface area (Å²) in [4.78, 5) is 23.4. The van der Waals surface area contributed by atoms with Crippen molar-refractivity contribution in [1.29, 1.82) is 0 Å². The van der Waals surface area contributed by atoms with E-state index in [0.717, 1.165) is 0 Å². The summed E-state index contributed by atoms with van der Waals surface area (Å²) in [7, 11) is 0. The van der Waals surface area contributed by atoms with Gasteiger partial charge in [-0.15, -0.1) is 0 Å². The van der Waals surface area contributed by atoms with Gasteiger partial charge in [0.05, 0.1) is 5.56 Å². The van der Waals surface area contributed by atoms with Crippen molar-refractivity contribution in [2.45, 2.75) is 0 Å². The minimum atomic E-state index is -0.340. The van der Waals surface area contributed by atoms with Crippen LogP contribution in [0, 0.1) is 0 Å². The number of carbonyl (C=O) groups excluding carboxylic acids is 1. The van der Waals surface area contributed by atoms with Crippen LogP contribution in [0.25, 0.3) is 0 Å². The van der Waals surface area contributed by atoms with E-state index < -0.39 is 0 Å². The topological polar surface area (TPSA) is 67.8 Å². The first-order valence-corrected chi connectivity index (χ1v) is 5.74. The summed E-state index contributed by atoms with van der Waals surface area (Å²) in [5, 5.41) is 2.79. The largest absolute Gasteiger partial charge is 0.290 e. The molecule has 0 atom stereocenters. The Hall–Kier alpha value is -1.53. The fourth-order valence-corrected chi connectivity index (χ4v) is 1.45. The smallest absolute Gasteiger partial charge is 0.259 e. The number of pyridine rings is 1. The number of nitrogens with zero attached hydrogens (tertiary/aromatic N) is 3. The van der Waals surface area contributed by atoms with Crippen molar-refractivity contribution in [3.8, 4) is 0 Å². The summed E-state index contributed by atoms with van der Waals surface area (Å²) < 4.78 is 0.660. The van der Waals surface area contributed by atoms with Gasteiger partial charge in [-0.05, 0) is 34.1 Å². The lowest BCUT2D eigenvalue weighted by atomic mass is 10.3. The molecule has 0 spiro atoms. The van der Waals surface area contributed by atoms with Crippen LogP contribution in [0.1, 0.15) is 10.4 Å². The number of hydrogen-bond donors (Lipinski definition) is 1. The number of nitrogens with one attached hydrogen (secondary N) is 1. The predicted molar refractivity (Wildman–Crippen MR) is 66.9 cm³/mol. The van der Waals surface area contributed by atoms with Crippen LogP contribution in [0.4, 0.5) is 5.95 Å². The van der Waals surface area contributed by atoms with Gasteiger partial charge in [0.2, 0.25) is 5.95 Å². The number of amides is 1. The Bertz CT molecular complexity index is 546. The van der Waals surface area contributed by atoms with Crippen LogP contribution in [0.15, 0.2) is 35.2 Å². The van der Waals surface area contributed by atoms with Crippen molar-refractivity contribution in [2.24, 2.45) is 0 Å². The summed E-state index contributed by atoms with van der Waals surface area (Å²) in [5.74, 6) is -0.183. The second-order valence-electron chi connectivity index (χ2n) is 3.03. The molecule has 0 aromatic carbocycles. The Morgan fingerprint density at radius 3 is 2.76 bits per heavy atom. The van der Waals surface area contributed by atoms with Crippen LogP contribution >= 0.6 is 27.5 Å². The van der Waals surface area contributed by atoms with Crippen LogP contribution in [0.2, 0.25) is 5.15 Å². The molecule has 0 fully saturated rings. The molecule has 2 aromatic rings. The van der Waals surface area contributed by atoms with E-state index in [1.54, 1.807) is 12.1 Å². The molecule has 0 aliphatic heterocycles. The van der Waals surface area contributed by atoms with Gasteiger partial charge in [-0.1, -0.05) is 11.6 Å². The highest BCUT2D eigenvalue weighted by atomic mass is 79.9.